The maximum Gasteiger partial charge on any atom is 0.253 e. The molecule has 6 nitrogen and oxygen atoms in total. The summed E-state index contributed by atoms with van der Waals surface area (Å²) >= 11 is 0. The van der Waals surface area contributed by atoms with Gasteiger partial charge in [0.15, 0.2) is 0 Å². The van der Waals surface area contributed by atoms with Crippen LogP contribution in [0.4, 0.5) is 10.3 Å². The number of amides is 1. The maximum atomic E-state index is 14.0. The zero-order valence-corrected chi connectivity index (χ0v) is 15.5. The first-order chi connectivity index (χ1) is 12.5. The fourth-order valence-electron chi connectivity index (χ4n) is 4.17. The molecular formula is C19H26FN5O. The highest BCUT2D eigenvalue weighted by Gasteiger charge is 2.29. The largest absolute Gasteiger partial charge is 0.350 e. The lowest BCUT2D eigenvalue weighted by molar-refractivity contribution is 0.0956. The van der Waals surface area contributed by atoms with Gasteiger partial charge in [0.1, 0.15) is 5.82 Å². The van der Waals surface area contributed by atoms with E-state index >= 15 is 0 Å². The Hall–Kier alpha value is -2.15. The van der Waals surface area contributed by atoms with Gasteiger partial charge in [-0.15, -0.1) is 0 Å². The first-order valence-corrected chi connectivity index (χ1v) is 9.44. The van der Waals surface area contributed by atoms with Crippen LogP contribution < -0.4 is 10.2 Å². The SMILES string of the molecule is CN(C)CCC1CCCCN1c1nc2cc(F)cc3c2n1CCNC3=O. The standard InChI is InChI=1S/C19H26FN5O/c1-23(2)9-6-14-5-3-4-8-24(14)19-22-16-12-13(20)11-15-17(16)25(19)10-7-21-18(15)26/h11-12,14H,3-10H2,1-2H3,(H,21,26). The summed E-state index contributed by atoms with van der Waals surface area (Å²) in [5.74, 6) is 0.248. The first-order valence-electron chi connectivity index (χ1n) is 9.44. The zero-order chi connectivity index (χ0) is 18.3. The van der Waals surface area contributed by atoms with Crippen molar-refractivity contribution in [3.8, 4) is 0 Å². The molecule has 1 aromatic carbocycles. The number of aromatic nitrogens is 2. The lowest BCUT2D eigenvalue weighted by atomic mass is 9.99. The van der Waals surface area contributed by atoms with Crippen LogP contribution in [0.15, 0.2) is 12.1 Å². The molecule has 7 heteroatoms. The molecule has 1 saturated heterocycles. The van der Waals surface area contributed by atoms with Crippen LogP contribution in [0, 0.1) is 5.82 Å². The van der Waals surface area contributed by atoms with Crippen molar-refractivity contribution in [3.05, 3.63) is 23.5 Å². The minimum Gasteiger partial charge on any atom is -0.350 e. The van der Waals surface area contributed by atoms with E-state index in [1.165, 1.54) is 18.6 Å². The molecule has 4 rings (SSSR count). The van der Waals surface area contributed by atoms with Crippen LogP contribution in [-0.2, 0) is 6.54 Å². The molecule has 0 spiro atoms. The monoisotopic (exact) mass is 359 g/mol. The van der Waals surface area contributed by atoms with Crippen LogP contribution in [0.25, 0.3) is 11.0 Å². The van der Waals surface area contributed by atoms with Gasteiger partial charge in [0.25, 0.3) is 5.91 Å². The molecule has 1 atom stereocenters. The van der Waals surface area contributed by atoms with E-state index in [4.69, 9.17) is 4.98 Å². The van der Waals surface area contributed by atoms with Gasteiger partial charge in [0, 0.05) is 31.7 Å². The minimum atomic E-state index is -0.413. The third-order valence-electron chi connectivity index (χ3n) is 5.45. The third-order valence-corrected chi connectivity index (χ3v) is 5.45. The predicted octanol–water partition coefficient (Wildman–Crippen LogP) is 2.23. The number of nitrogens with one attached hydrogen (secondary N) is 1. The predicted molar refractivity (Wildman–Crippen MR) is 100 cm³/mol. The van der Waals surface area contributed by atoms with Gasteiger partial charge in [0.2, 0.25) is 5.95 Å². The molecule has 2 aliphatic heterocycles. The van der Waals surface area contributed by atoms with Crippen LogP contribution in [0.1, 0.15) is 36.0 Å². The number of hydrogen-bond acceptors (Lipinski definition) is 4. The number of nitrogens with zero attached hydrogens (tertiary/aromatic N) is 4. The molecule has 1 unspecified atom stereocenters. The number of hydrogen-bond donors (Lipinski definition) is 1. The van der Waals surface area contributed by atoms with Crippen molar-refractivity contribution in [2.75, 3.05) is 38.6 Å². The summed E-state index contributed by atoms with van der Waals surface area (Å²) in [6, 6.07) is 3.19. The summed E-state index contributed by atoms with van der Waals surface area (Å²) in [5.41, 5.74) is 1.72. The highest BCUT2D eigenvalue weighted by molar-refractivity contribution is 6.06. The lowest BCUT2D eigenvalue weighted by Crippen LogP contribution is -2.42. The van der Waals surface area contributed by atoms with E-state index in [1.807, 2.05) is 0 Å². The molecule has 1 aromatic heterocycles. The lowest BCUT2D eigenvalue weighted by Gasteiger charge is -2.37. The highest BCUT2D eigenvalue weighted by atomic mass is 19.1. The number of imidazole rings is 1. The first kappa shape index (κ1) is 17.3. The normalized spacial score (nSPS) is 20.5. The Balaban J connectivity index is 1.79. The second-order valence-electron chi connectivity index (χ2n) is 7.58. The maximum absolute atomic E-state index is 14.0. The van der Waals surface area contributed by atoms with Crippen LogP contribution in [0.3, 0.4) is 0 Å². The summed E-state index contributed by atoms with van der Waals surface area (Å²) in [6.45, 7) is 3.18. The van der Waals surface area contributed by atoms with E-state index in [2.05, 4.69) is 33.8 Å². The minimum absolute atomic E-state index is 0.220. The third kappa shape index (κ3) is 3.05. The number of anilines is 1. The fraction of sp³-hybridized carbons (Fsp3) is 0.579. The van der Waals surface area contributed by atoms with Crippen molar-refractivity contribution in [3.63, 3.8) is 0 Å². The van der Waals surface area contributed by atoms with E-state index in [-0.39, 0.29) is 5.91 Å². The van der Waals surface area contributed by atoms with Gasteiger partial charge in [-0.05, 0) is 52.4 Å². The number of carbonyl (C=O) groups excluding carboxylic acids is 1. The molecule has 2 aromatic rings. The second kappa shape index (κ2) is 6.87. The van der Waals surface area contributed by atoms with Gasteiger partial charge < -0.3 is 19.7 Å². The van der Waals surface area contributed by atoms with Crippen molar-refractivity contribution in [2.24, 2.45) is 0 Å². The fourth-order valence-corrected chi connectivity index (χ4v) is 4.17. The van der Waals surface area contributed by atoms with Gasteiger partial charge in [0.05, 0.1) is 16.6 Å². The number of halogens is 1. The summed E-state index contributed by atoms with van der Waals surface area (Å²) < 4.78 is 16.1. The Morgan fingerprint density at radius 2 is 2.15 bits per heavy atom. The molecule has 0 radical (unpaired) electrons. The Labute approximate surface area is 153 Å². The molecule has 1 fully saturated rings. The van der Waals surface area contributed by atoms with Crippen LogP contribution in [0.5, 0.6) is 0 Å². The summed E-state index contributed by atoms with van der Waals surface area (Å²) in [4.78, 5) is 21.7. The van der Waals surface area contributed by atoms with E-state index in [0.29, 0.717) is 30.2 Å². The molecule has 140 valence electrons. The molecule has 1 N–H and O–H groups in total. The molecule has 26 heavy (non-hydrogen) atoms. The van der Waals surface area contributed by atoms with Gasteiger partial charge >= 0.3 is 0 Å². The number of piperidine rings is 1. The highest BCUT2D eigenvalue weighted by Crippen LogP contribution is 2.32. The number of benzene rings is 1. The summed E-state index contributed by atoms with van der Waals surface area (Å²) in [6.07, 6.45) is 4.60. The summed E-state index contributed by atoms with van der Waals surface area (Å²) in [7, 11) is 4.19. The molecule has 0 bridgehead atoms. The summed E-state index contributed by atoms with van der Waals surface area (Å²) in [5, 5.41) is 2.87. The smallest absolute Gasteiger partial charge is 0.253 e. The molecule has 1 amide bonds. The van der Waals surface area contributed by atoms with Crippen molar-refractivity contribution >= 4 is 22.9 Å². The Bertz CT molecular complexity index is 831. The Morgan fingerprint density at radius 1 is 1.31 bits per heavy atom. The molecule has 0 aliphatic carbocycles. The molecule has 2 aliphatic rings. The van der Waals surface area contributed by atoms with Gasteiger partial charge in [-0.1, -0.05) is 0 Å². The van der Waals surface area contributed by atoms with Gasteiger partial charge in [-0.2, -0.15) is 0 Å². The number of carbonyl (C=O) groups is 1. The Morgan fingerprint density at radius 3 is 2.96 bits per heavy atom. The van der Waals surface area contributed by atoms with Crippen molar-refractivity contribution < 1.29 is 9.18 Å². The van der Waals surface area contributed by atoms with Crippen molar-refractivity contribution in [2.45, 2.75) is 38.3 Å². The molecule has 3 heterocycles. The van der Waals surface area contributed by atoms with Crippen molar-refractivity contribution in [1.29, 1.82) is 0 Å². The Kier molecular flexibility index (Phi) is 4.56. The van der Waals surface area contributed by atoms with Crippen LogP contribution >= 0.6 is 0 Å². The van der Waals surface area contributed by atoms with Crippen molar-refractivity contribution in [1.82, 2.24) is 19.8 Å². The second-order valence-corrected chi connectivity index (χ2v) is 7.58. The zero-order valence-electron chi connectivity index (χ0n) is 15.5. The topological polar surface area (TPSA) is 53.4 Å². The van der Waals surface area contributed by atoms with E-state index in [1.54, 1.807) is 0 Å². The van der Waals surface area contributed by atoms with Crippen LogP contribution in [0.2, 0.25) is 0 Å². The van der Waals surface area contributed by atoms with Crippen LogP contribution in [-0.4, -0.2) is 60.1 Å². The average Bonchev–Trinajstić information content (AvgIpc) is 2.88. The average molecular weight is 359 g/mol. The molecular weight excluding hydrogens is 333 g/mol. The number of rotatable bonds is 4. The van der Waals surface area contributed by atoms with E-state index in [9.17, 15) is 9.18 Å². The quantitative estimate of drug-likeness (QED) is 0.910. The van der Waals surface area contributed by atoms with Gasteiger partial charge in [-0.3, -0.25) is 4.79 Å². The van der Waals surface area contributed by atoms with Gasteiger partial charge in [-0.25, -0.2) is 9.37 Å². The van der Waals surface area contributed by atoms with E-state index < -0.39 is 5.82 Å². The molecule has 0 saturated carbocycles. The van der Waals surface area contributed by atoms with E-state index in [0.717, 1.165) is 43.8 Å².